The number of rotatable bonds is 3. The van der Waals surface area contributed by atoms with Gasteiger partial charge in [0.1, 0.15) is 23.0 Å². The average Bonchev–Trinajstić information content (AvgIpc) is 3.30. The molecule has 0 amide bonds. The van der Waals surface area contributed by atoms with Gasteiger partial charge in [-0.1, -0.05) is 0 Å². The summed E-state index contributed by atoms with van der Waals surface area (Å²) >= 11 is 0. The second-order valence-electron chi connectivity index (χ2n) is 7.74. The Morgan fingerprint density at radius 2 is 1.07 bits per heavy atom. The third-order valence-electron chi connectivity index (χ3n) is 5.41. The van der Waals surface area contributed by atoms with Gasteiger partial charge in [-0.25, -0.2) is 0 Å². The van der Waals surface area contributed by atoms with Gasteiger partial charge in [0.15, 0.2) is 0 Å². The van der Waals surface area contributed by atoms with Crippen LogP contribution in [0.1, 0.15) is 74.4 Å². The number of allylic oxidation sites excluding steroid dienone is 2. The number of furan rings is 2. The maximum atomic E-state index is 5.73. The Morgan fingerprint density at radius 1 is 0.643 bits per heavy atom. The van der Waals surface area contributed by atoms with Crippen molar-refractivity contribution in [1.29, 1.82) is 0 Å². The van der Waals surface area contributed by atoms with Crippen molar-refractivity contribution in [3.05, 3.63) is 58.5 Å². The normalized spacial score (nSPS) is 23.9. The standard InChI is InChI=1S/C24H28N2O2/c1-17-11-13-21(27-17)15-19-7-3-5-9-23(19)25-26-24-10-6-4-8-20(24)16-22-14-12-18(2)28-22/h11-16H,3-10H2,1-2H3/b19-15+,20-16+,25-23+,26-24+. The summed E-state index contributed by atoms with van der Waals surface area (Å²) in [5, 5.41) is 9.42. The molecule has 0 spiro atoms. The Balaban J connectivity index is 1.60. The molecule has 2 aliphatic carbocycles. The van der Waals surface area contributed by atoms with Crippen LogP contribution in [0.5, 0.6) is 0 Å². The van der Waals surface area contributed by atoms with Crippen LogP contribution in [0.3, 0.4) is 0 Å². The third-order valence-corrected chi connectivity index (χ3v) is 5.41. The summed E-state index contributed by atoms with van der Waals surface area (Å²) in [7, 11) is 0. The van der Waals surface area contributed by atoms with E-state index in [9.17, 15) is 0 Å². The average molecular weight is 377 g/mol. The van der Waals surface area contributed by atoms with Gasteiger partial charge in [0.05, 0.1) is 11.4 Å². The molecule has 0 N–H and O–H groups in total. The van der Waals surface area contributed by atoms with Crippen molar-refractivity contribution in [2.45, 2.75) is 65.2 Å². The summed E-state index contributed by atoms with van der Waals surface area (Å²) in [6.07, 6.45) is 13.1. The fourth-order valence-corrected chi connectivity index (χ4v) is 3.89. The van der Waals surface area contributed by atoms with Gasteiger partial charge in [0.25, 0.3) is 0 Å². The molecule has 4 heteroatoms. The fraction of sp³-hybridized carbons (Fsp3) is 0.417. The van der Waals surface area contributed by atoms with E-state index >= 15 is 0 Å². The number of hydrogen-bond donors (Lipinski definition) is 0. The highest BCUT2D eigenvalue weighted by molar-refractivity contribution is 6.07. The number of aryl methyl sites for hydroxylation is 2. The van der Waals surface area contributed by atoms with E-state index in [1.54, 1.807) is 0 Å². The third kappa shape index (κ3) is 4.61. The van der Waals surface area contributed by atoms with Gasteiger partial charge < -0.3 is 8.83 Å². The lowest BCUT2D eigenvalue weighted by Crippen LogP contribution is -2.11. The minimum atomic E-state index is 0.904. The Bertz CT molecular complexity index is 875. The first kappa shape index (κ1) is 18.7. The van der Waals surface area contributed by atoms with Crippen LogP contribution in [0.15, 0.2) is 54.4 Å². The van der Waals surface area contributed by atoms with Crippen molar-refractivity contribution in [3.63, 3.8) is 0 Å². The van der Waals surface area contributed by atoms with E-state index in [0.717, 1.165) is 60.1 Å². The van der Waals surface area contributed by atoms with E-state index in [1.807, 2.05) is 38.1 Å². The monoisotopic (exact) mass is 376 g/mol. The zero-order valence-corrected chi connectivity index (χ0v) is 16.8. The van der Waals surface area contributed by atoms with Crippen molar-refractivity contribution in [3.8, 4) is 0 Å². The molecule has 0 bridgehead atoms. The first-order valence-electron chi connectivity index (χ1n) is 10.4. The van der Waals surface area contributed by atoms with Crippen LogP contribution in [0.2, 0.25) is 0 Å². The summed E-state index contributed by atoms with van der Waals surface area (Å²) in [5.74, 6) is 3.68. The van der Waals surface area contributed by atoms with Crippen molar-refractivity contribution < 1.29 is 8.83 Å². The second-order valence-corrected chi connectivity index (χ2v) is 7.74. The largest absolute Gasteiger partial charge is 0.462 e. The summed E-state index contributed by atoms with van der Waals surface area (Å²) < 4.78 is 11.5. The summed E-state index contributed by atoms with van der Waals surface area (Å²) in [5.41, 5.74) is 4.72. The molecule has 0 atom stereocenters. The lowest BCUT2D eigenvalue weighted by molar-refractivity contribution is 0.524. The van der Waals surface area contributed by atoms with Gasteiger partial charge >= 0.3 is 0 Å². The molecule has 4 nitrogen and oxygen atoms in total. The molecule has 2 saturated carbocycles. The molecule has 2 aliphatic rings. The molecular formula is C24H28N2O2. The van der Waals surface area contributed by atoms with Gasteiger partial charge in [0.2, 0.25) is 0 Å². The molecule has 2 aromatic heterocycles. The Kier molecular flexibility index (Phi) is 5.75. The van der Waals surface area contributed by atoms with Gasteiger partial charge in [-0.15, -0.1) is 0 Å². The molecule has 146 valence electrons. The minimum absolute atomic E-state index is 0.904. The van der Waals surface area contributed by atoms with E-state index in [2.05, 4.69) is 12.2 Å². The Labute approximate surface area is 166 Å². The van der Waals surface area contributed by atoms with E-state index < -0.39 is 0 Å². The van der Waals surface area contributed by atoms with Gasteiger partial charge in [-0.3, -0.25) is 0 Å². The summed E-state index contributed by atoms with van der Waals surface area (Å²) in [6, 6.07) is 8.05. The zero-order chi connectivity index (χ0) is 19.3. The maximum absolute atomic E-state index is 5.73. The SMILES string of the molecule is Cc1ccc(\C=C2/CCCC/C2=N\N=C2/CCCC/C2=C\c2ccc(C)o2)o1. The lowest BCUT2D eigenvalue weighted by atomic mass is 9.92. The predicted molar refractivity (Wildman–Crippen MR) is 115 cm³/mol. The molecule has 2 aromatic rings. The summed E-state index contributed by atoms with van der Waals surface area (Å²) in [4.78, 5) is 0. The highest BCUT2D eigenvalue weighted by atomic mass is 16.3. The Morgan fingerprint density at radius 3 is 1.46 bits per heavy atom. The second kappa shape index (κ2) is 8.59. The lowest BCUT2D eigenvalue weighted by Gasteiger charge is -2.17. The highest BCUT2D eigenvalue weighted by Gasteiger charge is 2.17. The number of nitrogens with zero attached hydrogens (tertiary/aromatic N) is 2. The topological polar surface area (TPSA) is 51.0 Å². The van der Waals surface area contributed by atoms with Gasteiger partial charge in [-0.05, 0) is 113 Å². The molecule has 0 aromatic carbocycles. The van der Waals surface area contributed by atoms with Crippen molar-refractivity contribution in [1.82, 2.24) is 0 Å². The van der Waals surface area contributed by atoms with Gasteiger partial charge in [-0.2, -0.15) is 10.2 Å². The first-order chi connectivity index (χ1) is 13.7. The van der Waals surface area contributed by atoms with E-state index in [-0.39, 0.29) is 0 Å². The molecule has 0 radical (unpaired) electrons. The van der Waals surface area contributed by atoms with Crippen molar-refractivity contribution >= 4 is 23.6 Å². The molecule has 2 fully saturated rings. The van der Waals surface area contributed by atoms with Crippen molar-refractivity contribution in [2.75, 3.05) is 0 Å². The highest BCUT2D eigenvalue weighted by Crippen LogP contribution is 2.27. The minimum Gasteiger partial charge on any atom is -0.462 e. The molecule has 0 aliphatic heterocycles. The molecule has 0 saturated heterocycles. The van der Waals surface area contributed by atoms with Crippen molar-refractivity contribution in [2.24, 2.45) is 10.2 Å². The predicted octanol–water partition coefficient (Wildman–Crippen LogP) is 6.90. The van der Waals surface area contributed by atoms with E-state index in [4.69, 9.17) is 19.0 Å². The van der Waals surface area contributed by atoms with Crippen LogP contribution < -0.4 is 0 Å². The van der Waals surface area contributed by atoms with E-state index in [0.29, 0.717) is 0 Å². The molecule has 4 rings (SSSR count). The van der Waals surface area contributed by atoms with Crippen LogP contribution in [-0.4, -0.2) is 11.4 Å². The smallest absolute Gasteiger partial charge is 0.127 e. The Hall–Kier alpha value is -2.62. The summed E-state index contributed by atoms with van der Waals surface area (Å²) in [6.45, 7) is 3.95. The zero-order valence-electron chi connectivity index (χ0n) is 16.8. The van der Waals surface area contributed by atoms with Crippen LogP contribution in [-0.2, 0) is 0 Å². The molecule has 0 unspecified atom stereocenters. The quantitative estimate of drug-likeness (QED) is 0.547. The number of hydrogen-bond acceptors (Lipinski definition) is 4. The maximum Gasteiger partial charge on any atom is 0.127 e. The van der Waals surface area contributed by atoms with Crippen LogP contribution in [0.25, 0.3) is 12.2 Å². The van der Waals surface area contributed by atoms with Crippen LogP contribution in [0.4, 0.5) is 0 Å². The molecule has 2 heterocycles. The molecule has 28 heavy (non-hydrogen) atoms. The fourth-order valence-electron chi connectivity index (χ4n) is 3.89. The molecular weight excluding hydrogens is 348 g/mol. The van der Waals surface area contributed by atoms with Crippen LogP contribution in [0, 0.1) is 13.8 Å². The van der Waals surface area contributed by atoms with Gasteiger partial charge in [0, 0.05) is 0 Å². The van der Waals surface area contributed by atoms with Crippen LogP contribution >= 0.6 is 0 Å². The van der Waals surface area contributed by atoms with E-state index in [1.165, 1.54) is 36.8 Å². The first-order valence-corrected chi connectivity index (χ1v) is 10.4.